The van der Waals surface area contributed by atoms with Crippen molar-refractivity contribution >= 4 is 53.3 Å². The van der Waals surface area contributed by atoms with Crippen molar-refractivity contribution in [1.82, 2.24) is 52.1 Å². The molecule has 2 aromatic rings. The number of H-pyrrole nitrogens is 1. The van der Waals surface area contributed by atoms with Crippen LogP contribution in [-0.4, -0.2) is 147 Å². The van der Waals surface area contributed by atoms with Crippen molar-refractivity contribution in [2.75, 3.05) is 26.7 Å². The minimum atomic E-state index is -1.35. The van der Waals surface area contributed by atoms with Gasteiger partial charge in [-0.15, -0.1) is 0 Å². The number of benzene rings is 1. The Balaban J connectivity index is 1.97. The van der Waals surface area contributed by atoms with Crippen LogP contribution in [0.4, 0.5) is 0 Å². The van der Waals surface area contributed by atoms with Crippen LogP contribution in [0, 0.1) is 25.7 Å². The number of aromatic nitrogens is 2. The number of carboxylic acid groups (broad SMARTS) is 1. The molecule has 1 aromatic carbocycles. The number of phenolic OH excluding ortho intramolecular Hbond substituents is 1. The summed E-state index contributed by atoms with van der Waals surface area (Å²) in [5, 5.41) is 38.7. The highest BCUT2D eigenvalue weighted by Gasteiger charge is 2.40. The number of aliphatic imine (C=N–C) groups is 1. The number of aromatic hydroxyl groups is 1. The quantitative estimate of drug-likeness (QED) is 0.0290. The maximum Gasteiger partial charge on any atom is 0.325 e. The summed E-state index contributed by atoms with van der Waals surface area (Å²) in [7, 11) is 1.57. The number of hydrogen-bond acceptors (Lipinski definition) is 12. The van der Waals surface area contributed by atoms with Gasteiger partial charge in [0, 0.05) is 37.8 Å². The molecule has 0 saturated carbocycles. The summed E-state index contributed by atoms with van der Waals surface area (Å²) in [6.45, 7) is 12.0. The number of phenols is 1. The lowest BCUT2D eigenvalue weighted by Crippen LogP contribution is -2.62. The number of nitrogens with one attached hydrogen (secondary N) is 8. The van der Waals surface area contributed by atoms with Gasteiger partial charge >= 0.3 is 5.97 Å². The first-order valence-corrected chi connectivity index (χ1v) is 22.9. The molecule has 68 heavy (non-hydrogen) atoms. The van der Waals surface area contributed by atoms with Gasteiger partial charge in [0.05, 0.1) is 12.9 Å². The van der Waals surface area contributed by atoms with Gasteiger partial charge in [-0.1, -0.05) is 34.1 Å². The Morgan fingerprint density at radius 1 is 0.853 bits per heavy atom. The maximum atomic E-state index is 14.6. The summed E-state index contributed by atoms with van der Waals surface area (Å²) in [5.74, 6) is -7.06. The van der Waals surface area contributed by atoms with Gasteiger partial charge in [0.25, 0.3) is 0 Å². The lowest BCUT2D eigenvalue weighted by atomic mass is 9.93. The molecule has 23 heteroatoms. The molecule has 0 unspecified atom stereocenters. The Morgan fingerprint density at radius 2 is 1.47 bits per heavy atom. The van der Waals surface area contributed by atoms with Gasteiger partial charge in [0.1, 0.15) is 48.0 Å². The summed E-state index contributed by atoms with van der Waals surface area (Å²) in [6.07, 6.45) is 4.26. The Bertz CT molecular complexity index is 2090. The first-order valence-electron chi connectivity index (χ1n) is 22.9. The van der Waals surface area contributed by atoms with Crippen LogP contribution in [0.5, 0.6) is 5.75 Å². The Hall–Kier alpha value is -6.78. The predicted octanol–water partition coefficient (Wildman–Crippen LogP) is -1.50. The van der Waals surface area contributed by atoms with Crippen LogP contribution in [0.25, 0.3) is 0 Å². The van der Waals surface area contributed by atoms with Crippen LogP contribution in [0.2, 0.25) is 0 Å². The van der Waals surface area contributed by atoms with Gasteiger partial charge < -0.3 is 68.8 Å². The molecule has 0 bridgehead atoms. The Labute approximate surface area is 396 Å². The summed E-state index contributed by atoms with van der Waals surface area (Å²) in [4.78, 5) is 121. The molecule has 23 nitrogen and oxygen atoms in total. The molecular weight excluding hydrogens is 883 g/mol. The predicted molar refractivity (Wildman–Crippen MR) is 251 cm³/mol. The Morgan fingerprint density at radius 3 is 2.04 bits per heavy atom. The van der Waals surface area contributed by atoms with E-state index in [4.69, 9.17) is 11.5 Å². The van der Waals surface area contributed by atoms with Crippen LogP contribution >= 0.6 is 0 Å². The molecule has 1 aromatic heterocycles. The lowest BCUT2D eigenvalue weighted by Gasteiger charge is -2.32. The molecule has 0 spiro atoms. The number of carboxylic acids is 1. The van der Waals surface area contributed by atoms with Crippen LogP contribution in [0.15, 0.2) is 29.6 Å². The van der Waals surface area contributed by atoms with E-state index >= 15 is 0 Å². The zero-order chi connectivity index (χ0) is 50.8. The number of likely N-dealkylation sites (tertiary alicyclic amines) is 1. The van der Waals surface area contributed by atoms with Gasteiger partial charge in [0.2, 0.25) is 41.4 Å². The van der Waals surface area contributed by atoms with Crippen LogP contribution in [-0.2, 0) is 51.2 Å². The van der Waals surface area contributed by atoms with Crippen molar-refractivity contribution in [3.05, 3.63) is 47.0 Å². The molecule has 1 saturated heterocycles. The van der Waals surface area contributed by atoms with E-state index in [0.717, 1.165) is 0 Å². The third-order valence-corrected chi connectivity index (χ3v) is 11.9. The van der Waals surface area contributed by atoms with Crippen molar-refractivity contribution in [2.24, 2.45) is 28.3 Å². The number of aliphatic carboxylic acids is 1. The van der Waals surface area contributed by atoms with Crippen molar-refractivity contribution in [3.8, 4) is 5.75 Å². The number of nitrogens with two attached hydrogens (primary N) is 2. The summed E-state index contributed by atoms with van der Waals surface area (Å²) in [6, 6.07) is -5.35. The SMILES string of the molecule is CC[C@H](C)[C@H](NC(=O)[C@H](Cc1c(C)cc(O)cc1C)NC(=O)[C@@H](NC(=O)[C@H](CCCN=C(N)N)NC(=O)CNC)C(C)C)C(=O)N[C@@H](Cc1cnc[nH]1)C(=O)N1CCC[C@H]1C(=O)N[C@H](C)C(=O)O. The van der Waals surface area contributed by atoms with Crippen LogP contribution < -0.4 is 48.7 Å². The minimum absolute atomic E-state index is 0.00512. The highest BCUT2D eigenvalue weighted by molar-refractivity contribution is 5.98. The smallest absolute Gasteiger partial charge is 0.325 e. The number of amides is 7. The molecule has 14 N–H and O–H groups in total. The molecule has 0 aliphatic carbocycles. The standard InChI is InChI=1S/C45H71N13O10/c1-9-24(4)37(42(65)55-33(18-28-20-49-22-51-28)43(66)58-15-11-13-34(58)40(63)52-27(7)44(67)68)57-39(62)32(19-30-25(5)16-29(59)17-26(30)6)54-41(64)36(23(2)3)56-38(61)31(53-35(60)21-48-8)12-10-14-50-45(46)47/h16-17,20,22-24,27,31-34,36-37,48,59H,9-15,18-19,21H2,1-8H3,(H,49,51)(H,52,63)(H,53,60)(H,54,64)(H,55,65)(H,56,61)(H,57,62)(H,67,68)(H4,46,47,50)/t24-,27+,31-,32-,33-,34-,36-,37-/m0/s1. The summed E-state index contributed by atoms with van der Waals surface area (Å²) < 4.78 is 0. The third-order valence-electron chi connectivity index (χ3n) is 11.9. The first-order chi connectivity index (χ1) is 32.1. The van der Waals surface area contributed by atoms with E-state index in [1.807, 2.05) is 6.92 Å². The van der Waals surface area contributed by atoms with Crippen molar-refractivity contribution in [3.63, 3.8) is 0 Å². The maximum absolute atomic E-state index is 14.6. The first kappa shape index (κ1) is 55.5. The van der Waals surface area contributed by atoms with Crippen molar-refractivity contribution < 1.29 is 48.6 Å². The van der Waals surface area contributed by atoms with Crippen molar-refractivity contribution in [1.29, 1.82) is 0 Å². The number of likely N-dealkylation sites (N-methyl/N-ethyl adjacent to an activating group) is 1. The fraction of sp³-hybridized carbons (Fsp3) is 0.600. The Kier molecular flexibility index (Phi) is 21.7. The molecule has 1 aliphatic heterocycles. The molecule has 3 rings (SSSR count). The summed E-state index contributed by atoms with van der Waals surface area (Å²) in [5.41, 5.74) is 13.2. The second kappa shape index (κ2) is 26.5. The number of aryl methyl sites for hydroxylation is 2. The van der Waals surface area contributed by atoms with Crippen LogP contribution in [0.3, 0.4) is 0 Å². The van der Waals surface area contributed by atoms with E-state index in [2.05, 4.69) is 52.2 Å². The molecule has 7 amide bonds. The number of aromatic amines is 1. The van der Waals surface area contributed by atoms with Gasteiger partial charge in [0.15, 0.2) is 5.96 Å². The zero-order valence-corrected chi connectivity index (χ0v) is 40.2. The van der Waals surface area contributed by atoms with E-state index in [0.29, 0.717) is 41.6 Å². The molecule has 0 radical (unpaired) electrons. The molecule has 8 atom stereocenters. The average molecular weight is 954 g/mol. The number of rotatable bonds is 26. The van der Waals surface area contributed by atoms with Gasteiger partial charge in [-0.05, 0) is 94.2 Å². The fourth-order valence-electron chi connectivity index (χ4n) is 7.84. The summed E-state index contributed by atoms with van der Waals surface area (Å²) >= 11 is 0. The molecule has 2 heterocycles. The van der Waals surface area contributed by atoms with E-state index in [1.165, 1.54) is 36.5 Å². The molecule has 1 aliphatic rings. The van der Waals surface area contributed by atoms with Crippen LogP contribution in [0.1, 0.15) is 89.1 Å². The van der Waals surface area contributed by atoms with Gasteiger partial charge in [-0.2, -0.15) is 0 Å². The lowest BCUT2D eigenvalue weighted by molar-refractivity contribution is -0.144. The van der Waals surface area contributed by atoms with E-state index in [-0.39, 0.29) is 57.0 Å². The fourth-order valence-corrected chi connectivity index (χ4v) is 7.84. The van der Waals surface area contributed by atoms with E-state index < -0.39 is 101 Å². The topological polar surface area (TPSA) is 358 Å². The minimum Gasteiger partial charge on any atom is -0.508 e. The third kappa shape index (κ3) is 16.5. The molecular formula is C45H71N13O10. The zero-order valence-electron chi connectivity index (χ0n) is 40.2. The van der Waals surface area contributed by atoms with Gasteiger partial charge in [-0.3, -0.25) is 43.3 Å². The van der Waals surface area contributed by atoms with E-state index in [9.17, 15) is 48.6 Å². The molecule has 376 valence electrons. The largest absolute Gasteiger partial charge is 0.508 e. The number of carbonyl (C=O) groups is 8. The number of guanidine groups is 1. The number of hydrogen-bond donors (Lipinski definition) is 12. The average Bonchev–Trinajstić information content (AvgIpc) is 3.98. The van der Waals surface area contributed by atoms with E-state index in [1.54, 1.807) is 41.7 Å². The second-order valence-electron chi connectivity index (χ2n) is 17.6. The second-order valence-corrected chi connectivity index (χ2v) is 17.6. The number of imidazole rings is 1. The highest BCUT2D eigenvalue weighted by Crippen LogP contribution is 2.24. The highest BCUT2D eigenvalue weighted by atomic mass is 16.4. The molecule has 1 fully saturated rings. The normalized spacial score (nSPS) is 16.5. The number of carbonyl (C=O) groups excluding carboxylic acids is 7. The monoisotopic (exact) mass is 954 g/mol. The van der Waals surface area contributed by atoms with Crippen molar-refractivity contribution in [2.45, 2.75) is 136 Å². The number of nitrogens with zero attached hydrogens (tertiary/aromatic N) is 3. The van der Waals surface area contributed by atoms with Gasteiger partial charge in [-0.25, -0.2) is 4.98 Å².